The van der Waals surface area contributed by atoms with Gasteiger partial charge in [0.25, 0.3) is 5.56 Å². The van der Waals surface area contributed by atoms with Gasteiger partial charge in [0.1, 0.15) is 5.82 Å². The summed E-state index contributed by atoms with van der Waals surface area (Å²) in [5, 5.41) is 1.78. The van der Waals surface area contributed by atoms with Crippen LogP contribution in [0.5, 0.6) is 0 Å². The molecular formula is C16H12Cl2N2OS. The van der Waals surface area contributed by atoms with E-state index in [0.717, 1.165) is 4.90 Å². The molecule has 1 atom stereocenters. The van der Waals surface area contributed by atoms with Gasteiger partial charge in [-0.15, -0.1) is 11.8 Å². The Labute approximate surface area is 141 Å². The quantitative estimate of drug-likeness (QED) is 0.669. The van der Waals surface area contributed by atoms with E-state index in [2.05, 4.69) is 9.97 Å². The van der Waals surface area contributed by atoms with E-state index >= 15 is 0 Å². The third-order valence-electron chi connectivity index (χ3n) is 3.21. The molecule has 0 unspecified atom stereocenters. The molecule has 0 saturated heterocycles. The summed E-state index contributed by atoms with van der Waals surface area (Å²) in [7, 11) is 0. The minimum atomic E-state index is -0.134. The number of hydrogen-bond donors (Lipinski definition) is 1. The van der Waals surface area contributed by atoms with E-state index in [4.69, 9.17) is 23.2 Å². The lowest BCUT2D eigenvalue weighted by molar-refractivity contribution is 0.923. The minimum absolute atomic E-state index is 0.0618. The summed E-state index contributed by atoms with van der Waals surface area (Å²) in [4.78, 5) is 20.4. The number of hydrogen-bond acceptors (Lipinski definition) is 3. The van der Waals surface area contributed by atoms with Crippen molar-refractivity contribution in [3.63, 3.8) is 0 Å². The summed E-state index contributed by atoms with van der Waals surface area (Å²) in [6.07, 6.45) is 0. The van der Waals surface area contributed by atoms with Gasteiger partial charge in [0.05, 0.1) is 21.2 Å². The average molecular weight is 351 g/mol. The van der Waals surface area contributed by atoms with Gasteiger partial charge >= 0.3 is 0 Å². The summed E-state index contributed by atoms with van der Waals surface area (Å²) in [5.74, 6) is 0.616. The van der Waals surface area contributed by atoms with Crippen molar-refractivity contribution in [3.05, 3.63) is 68.7 Å². The Morgan fingerprint density at radius 1 is 1.18 bits per heavy atom. The van der Waals surface area contributed by atoms with Crippen LogP contribution in [0.4, 0.5) is 0 Å². The fourth-order valence-corrected chi connectivity index (χ4v) is 3.58. The Hall–Kier alpha value is -1.49. The Balaban J connectivity index is 1.97. The van der Waals surface area contributed by atoms with Gasteiger partial charge in [0.15, 0.2) is 0 Å². The molecule has 0 spiro atoms. The van der Waals surface area contributed by atoms with Crippen molar-refractivity contribution >= 4 is 45.9 Å². The topological polar surface area (TPSA) is 45.8 Å². The molecule has 1 aromatic heterocycles. The maximum absolute atomic E-state index is 12.1. The fraction of sp³-hybridized carbons (Fsp3) is 0.125. The molecule has 0 aliphatic carbocycles. The van der Waals surface area contributed by atoms with Crippen LogP contribution >= 0.6 is 35.0 Å². The Bertz CT molecular complexity index is 895. The predicted molar refractivity (Wildman–Crippen MR) is 93.1 cm³/mol. The number of nitrogens with zero attached hydrogens (tertiary/aromatic N) is 1. The fourth-order valence-electron chi connectivity index (χ4n) is 2.11. The summed E-state index contributed by atoms with van der Waals surface area (Å²) >= 11 is 13.7. The third kappa shape index (κ3) is 3.14. The van der Waals surface area contributed by atoms with Crippen molar-refractivity contribution in [1.29, 1.82) is 0 Å². The highest BCUT2D eigenvalue weighted by atomic mass is 35.5. The molecule has 0 aliphatic heterocycles. The van der Waals surface area contributed by atoms with E-state index in [0.29, 0.717) is 26.8 Å². The number of H-pyrrole nitrogens is 1. The van der Waals surface area contributed by atoms with Gasteiger partial charge in [-0.25, -0.2) is 4.98 Å². The molecule has 2 aromatic carbocycles. The van der Waals surface area contributed by atoms with Crippen LogP contribution in [0.1, 0.15) is 18.0 Å². The van der Waals surface area contributed by atoms with Crippen LogP contribution in [0.3, 0.4) is 0 Å². The second-order valence-electron chi connectivity index (χ2n) is 4.80. The van der Waals surface area contributed by atoms with E-state index in [1.54, 1.807) is 18.2 Å². The van der Waals surface area contributed by atoms with Gasteiger partial charge in [0.2, 0.25) is 0 Å². The van der Waals surface area contributed by atoms with Crippen molar-refractivity contribution in [2.75, 3.05) is 0 Å². The van der Waals surface area contributed by atoms with E-state index < -0.39 is 0 Å². The second kappa shape index (κ2) is 6.32. The van der Waals surface area contributed by atoms with Crippen molar-refractivity contribution in [1.82, 2.24) is 9.97 Å². The minimum Gasteiger partial charge on any atom is -0.309 e. The molecular weight excluding hydrogens is 339 g/mol. The van der Waals surface area contributed by atoms with Crippen LogP contribution in [0.25, 0.3) is 10.9 Å². The van der Waals surface area contributed by atoms with Gasteiger partial charge < -0.3 is 4.98 Å². The lowest BCUT2D eigenvalue weighted by Gasteiger charge is -2.12. The standard InChI is InChI=1S/C16H12Cl2N2OS/c1-9(22-14-8-10(17)6-7-12(14)18)15-19-13-5-3-2-4-11(13)16(21)20-15/h2-9H,1H3,(H,19,20,21)/t9-/m0/s1. The zero-order chi connectivity index (χ0) is 15.7. The molecule has 112 valence electrons. The Morgan fingerprint density at radius 3 is 2.77 bits per heavy atom. The van der Waals surface area contributed by atoms with Crippen molar-refractivity contribution < 1.29 is 0 Å². The van der Waals surface area contributed by atoms with Crippen molar-refractivity contribution in [2.45, 2.75) is 17.1 Å². The van der Waals surface area contributed by atoms with Crippen LogP contribution in [-0.4, -0.2) is 9.97 Å². The molecule has 3 rings (SSSR count). The molecule has 3 nitrogen and oxygen atoms in total. The number of halogens is 2. The summed E-state index contributed by atoms with van der Waals surface area (Å²) < 4.78 is 0. The van der Waals surface area contributed by atoms with Gasteiger partial charge in [0, 0.05) is 9.92 Å². The highest BCUT2D eigenvalue weighted by molar-refractivity contribution is 7.99. The number of rotatable bonds is 3. The number of para-hydroxylation sites is 1. The van der Waals surface area contributed by atoms with Crippen LogP contribution in [0.15, 0.2) is 52.2 Å². The predicted octanol–water partition coefficient (Wildman–Crippen LogP) is 5.08. The number of aromatic amines is 1. The first kappa shape index (κ1) is 15.4. The zero-order valence-electron chi connectivity index (χ0n) is 11.6. The van der Waals surface area contributed by atoms with Crippen LogP contribution in [0, 0.1) is 0 Å². The molecule has 0 radical (unpaired) electrons. The lowest BCUT2D eigenvalue weighted by Crippen LogP contribution is -2.12. The van der Waals surface area contributed by atoms with Crippen molar-refractivity contribution in [2.24, 2.45) is 0 Å². The molecule has 0 aliphatic rings. The average Bonchev–Trinajstić information content (AvgIpc) is 2.51. The number of nitrogens with one attached hydrogen (secondary N) is 1. The number of fused-ring (bicyclic) bond motifs is 1. The summed E-state index contributed by atoms with van der Waals surface area (Å²) in [6, 6.07) is 12.6. The summed E-state index contributed by atoms with van der Waals surface area (Å²) in [5.41, 5.74) is 0.552. The number of thioether (sulfide) groups is 1. The van der Waals surface area contributed by atoms with Crippen molar-refractivity contribution in [3.8, 4) is 0 Å². The zero-order valence-corrected chi connectivity index (χ0v) is 14.0. The van der Waals surface area contributed by atoms with Gasteiger partial charge in [-0.2, -0.15) is 0 Å². The first-order valence-corrected chi connectivity index (χ1v) is 8.29. The van der Waals surface area contributed by atoms with E-state index in [9.17, 15) is 4.79 Å². The first-order chi connectivity index (χ1) is 10.5. The van der Waals surface area contributed by atoms with Crippen LogP contribution in [-0.2, 0) is 0 Å². The molecule has 6 heteroatoms. The number of benzene rings is 2. The molecule has 22 heavy (non-hydrogen) atoms. The maximum Gasteiger partial charge on any atom is 0.258 e. The van der Waals surface area contributed by atoms with Gasteiger partial charge in [-0.05, 0) is 37.3 Å². The smallest absolute Gasteiger partial charge is 0.258 e. The first-order valence-electron chi connectivity index (χ1n) is 6.65. The third-order valence-corrected chi connectivity index (χ3v) is 5.06. The SMILES string of the molecule is C[C@H](Sc1cc(Cl)ccc1Cl)c1nc2ccccc2c(=O)[nH]1. The highest BCUT2D eigenvalue weighted by Gasteiger charge is 2.14. The van der Waals surface area contributed by atoms with Gasteiger partial charge in [-0.3, -0.25) is 4.79 Å². The number of aromatic nitrogens is 2. The molecule has 0 bridgehead atoms. The largest absolute Gasteiger partial charge is 0.309 e. The summed E-state index contributed by atoms with van der Waals surface area (Å²) in [6.45, 7) is 1.97. The lowest BCUT2D eigenvalue weighted by atomic mass is 10.2. The highest BCUT2D eigenvalue weighted by Crippen LogP contribution is 2.38. The molecule has 0 fully saturated rings. The van der Waals surface area contributed by atoms with Crippen LogP contribution < -0.4 is 5.56 Å². The van der Waals surface area contributed by atoms with Gasteiger partial charge in [-0.1, -0.05) is 35.3 Å². The van der Waals surface area contributed by atoms with E-state index in [1.165, 1.54) is 11.8 Å². The van der Waals surface area contributed by atoms with E-state index in [-0.39, 0.29) is 10.8 Å². The Morgan fingerprint density at radius 2 is 1.95 bits per heavy atom. The monoisotopic (exact) mass is 350 g/mol. The normalized spacial score (nSPS) is 12.5. The molecule has 1 heterocycles. The second-order valence-corrected chi connectivity index (χ2v) is 7.03. The van der Waals surface area contributed by atoms with Crippen LogP contribution in [0.2, 0.25) is 10.0 Å². The molecule has 0 saturated carbocycles. The molecule has 1 N–H and O–H groups in total. The molecule has 3 aromatic rings. The maximum atomic E-state index is 12.1. The van der Waals surface area contributed by atoms with E-state index in [1.807, 2.05) is 31.2 Å². The Kier molecular flexibility index (Phi) is 4.43. The molecule has 0 amide bonds.